The summed E-state index contributed by atoms with van der Waals surface area (Å²) in [6.07, 6.45) is 4.86. The number of benzene rings is 2. The number of aliphatic hydroxyl groups is 1. The summed E-state index contributed by atoms with van der Waals surface area (Å²) in [5.74, 6) is 1.85. The third-order valence-corrected chi connectivity index (χ3v) is 9.89. The summed E-state index contributed by atoms with van der Waals surface area (Å²) in [5.41, 5.74) is 4.45. The Bertz CT molecular complexity index is 1660. The fraction of sp³-hybridized carbons (Fsp3) is 0.412. The number of anilines is 3. The van der Waals surface area contributed by atoms with Gasteiger partial charge in [0.2, 0.25) is 0 Å². The molecule has 44 heavy (non-hydrogen) atoms. The van der Waals surface area contributed by atoms with Crippen LogP contribution in [0, 0.1) is 0 Å². The lowest BCUT2D eigenvalue weighted by Crippen LogP contribution is -2.51. The first-order valence-electron chi connectivity index (χ1n) is 15.5. The number of nitrogens with one attached hydrogen (secondary N) is 2. The number of hydrogen-bond donors (Lipinski definition) is 3. The SMILES string of the molecule is CCN1C(=O)c2ccc(Nc3cc(N[C@H](CO)c4ccccc4)c(-c4nc(C56CCN(CC5)CC6)no4)cn3)cc2C1(C)C. The molecule has 3 fully saturated rings. The van der Waals surface area contributed by atoms with Crippen LogP contribution in [0.2, 0.25) is 0 Å². The average molecular weight is 594 g/mol. The molecule has 0 aliphatic carbocycles. The number of aromatic nitrogens is 3. The molecule has 0 radical (unpaired) electrons. The molecule has 10 heteroatoms. The Morgan fingerprint density at radius 1 is 1.02 bits per heavy atom. The van der Waals surface area contributed by atoms with Crippen LogP contribution in [0.4, 0.5) is 17.2 Å². The summed E-state index contributed by atoms with van der Waals surface area (Å²) in [5, 5.41) is 21.8. The average Bonchev–Trinajstić information content (AvgIpc) is 3.63. The highest BCUT2D eigenvalue weighted by atomic mass is 16.5. The number of carbonyl (C=O) groups excluding carboxylic acids is 1. The Kier molecular flexibility index (Phi) is 7.13. The standard InChI is InChI=1S/C34H39N7O3/c1-4-41-31(43)24-11-10-23(18-26(24)33(41,2)3)36-29-19-27(37-28(21-42)22-8-6-5-7-9-22)25(20-35-29)30-38-32(39-44-30)34-12-15-40(16-13-34)17-14-34/h5-11,18-20,28,42H,4,12-17,21H2,1-3H3,(H2,35,36,37)/t28-/m1/s1. The predicted molar refractivity (Wildman–Crippen MR) is 169 cm³/mol. The normalized spacial score (nSPS) is 22.6. The van der Waals surface area contributed by atoms with Gasteiger partial charge in [0.15, 0.2) is 5.82 Å². The fourth-order valence-corrected chi connectivity index (χ4v) is 7.18. The van der Waals surface area contributed by atoms with E-state index in [4.69, 9.17) is 14.5 Å². The Morgan fingerprint density at radius 3 is 2.48 bits per heavy atom. The predicted octanol–water partition coefficient (Wildman–Crippen LogP) is 5.47. The van der Waals surface area contributed by atoms with E-state index in [1.807, 2.05) is 66.4 Å². The number of piperidine rings is 3. The third kappa shape index (κ3) is 4.82. The number of amides is 1. The smallest absolute Gasteiger partial charge is 0.261 e. The van der Waals surface area contributed by atoms with Gasteiger partial charge in [0, 0.05) is 35.5 Å². The number of aliphatic hydroxyl groups excluding tert-OH is 1. The monoisotopic (exact) mass is 593 g/mol. The largest absolute Gasteiger partial charge is 0.394 e. The molecule has 8 rings (SSSR count). The van der Waals surface area contributed by atoms with Crippen molar-refractivity contribution in [2.45, 2.75) is 57.0 Å². The van der Waals surface area contributed by atoms with Crippen LogP contribution in [-0.2, 0) is 11.0 Å². The Labute approximate surface area is 257 Å². The number of hydrogen-bond acceptors (Lipinski definition) is 9. The molecule has 1 atom stereocenters. The molecule has 1 amide bonds. The summed E-state index contributed by atoms with van der Waals surface area (Å²) >= 11 is 0. The van der Waals surface area contributed by atoms with Crippen LogP contribution in [0.5, 0.6) is 0 Å². The molecule has 228 valence electrons. The maximum atomic E-state index is 13.0. The van der Waals surface area contributed by atoms with Gasteiger partial charge in [0.05, 0.1) is 29.4 Å². The van der Waals surface area contributed by atoms with E-state index in [1.54, 1.807) is 6.20 Å². The zero-order valence-electron chi connectivity index (χ0n) is 25.5. The number of nitrogens with zero attached hydrogens (tertiary/aromatic N) is 5. The third-order valence-electron chi connectivity index (χ3n) is 9.89. The fourth-order valence-electron chi connectivity index (χ4n) is 7.18. The summed E-state index contributed by atoms with van der Waals surface area (Å²) in [4.78, 5) is 27.0. The van der Waals surface area contributed by atoms with Crippen molar-refractivity contribution in [2.24, 2.45) is 0 Å². The summed E-state index contributed by atoms with van der Waals surface area (Å²) < 4.78 is 5.90. The number of rotatable bonds is 9. The lowest BCUT2D eigenvalue weighted by Gasteiger charge is -2.46. The van der Waals surface area contributed by atoms with Gasteiger partial charge in [-0.3, -0.25) is 4.79 Å². The van der Waals surface area contributed by atoms with Gasteiger partial charge in [-0.05, 0) is 89.0 Å². The van der Waals surface area contributed by atoms with Crippen LogP contribution in [-0.4, -0.2) is 68.7 Å². The molecular formula is C34H39N7O3. The molecule has 2 aromatic carbocycles. The molecule has 3 saturated heterocycles. The number of fused-ring (bicyclic) bond motifs is 4. The van der Waals surface area contributed by atoms with Crippen molar-refractivity contribution < 1.29 is 14.4 Å². The van der Waals surface area contributed by atoms with E-state index in [2.05, 4.69) is 34.5 Å². The molecule has 2 aromatic heterocycles. The quantitative estimate of drug-likeness (QED) is 0.232. The van der Waals surface area contributed by atoms with E-state index < -0.39 is 5.54 Å². The Hall–Kier alpha value is -4.28. The highest BCUT2D eigenvalue weighted by molar-refractivity contribution is 6.00. The second-order valence-electron chi connectivity index (χ2n) is 12.7. The first-order chi connectivity index (χ1) is 21.3. The molecule has 0 unspecified atom stereocenters. The van der Waals surface area contributed by atoms with Crippen LogP contribution in [0.15, 0.2) is 65.3 Å². The van der Waals surface area contributed by atoms with E-state index in [-0.39, 0.29) is 24.0 Å². The van der Waals surface area contributed by atoms with Crippen molar-refractivity contribution in [3.63, 3.8) is 0 Å². The van der Waals surface area contributed by atoms with Gasteiger partial charge < -0.3 is 30.1 Å². The molecular weight excluding hydrogens is 554 g/mol. The zero-order valence-corrected chi connectivity index (χ0v) is 25.5. The van der Waals surface area contributed by atoms with Crippen molar-refractivity contribution in [3.8, 4) is 11.5 Å². The highest BCUT2D eigenvalue weighted by Gasteiger charge is 2.44. The molecule has 4 aliphatic rings. The maximum absolute atomic E-state index is 13.0. The minimum Gasteiger partial charge on any atom is -0.394 e. The molecule has 3 N–H and O–H groups in total. The summed E-state index contributed by atoms with van der Waals surface area (Å²) in [6.45, 7) is 9.90. The van der Waals surface area contributed by atoms with E-state index in [9.17, 15) is 9.90 Å². The zero-order chi connectivity index (χ0) is 30.5. The van der Waals surface area contributed by atoms with Crippen LogP contribution in [0.3, 0.4) is 0 Å². The Balaban J connectivity index is 1.23. The summed E-state index contributed by atoms with van der Waals surface area (Å²) in [6, 6.07) is 17.2. The van der Waals surface area contributed by atoms with Crippen molar-refractivity contribution >= 4 is 23.1 Å². The minimum absolute atomic E-state index is 0.0349. The first kappa shape index (κ1) is 28.5. The minimum atomic E-state index is -0.406. The lowest BCUT2D eigenvalue weighted by molar-refractivity contribution is 0.0635. The number of pyridine rings is 1. The molecule has 10 nitrogen and oxygen atoms in total. The van der Waals surface area contributed by atoms with E-state index in [0.29, 0.717) is 29.5 Å². The van der Waals surface area contributed by atoms with Crippen molar-refractivity contribution in [2.75, 3.05) is 43.4 Å². The van der Waals surface area contributed by atoms with Crippen LogP contribution in [0.25, 0.3) is 11.5 Å². The van der Waals surface area contributed by atoms with Crippen LogP contribution < -0.4 is 10.6 Å². The molecule has 0 saturated carbocycles. The van der Waals surface area contributed by atoms with Gasteiger partial charge in [-0.15, -0.1) is 0 Å². The van der Waals surface area contributed by atoms with Gasteiger partial charge in [0.1, 0.15) is 5.82 Å². The van der Waals surface area contributed by atoms with Crippen LogP contribution in [0.1, 0.15) is 73.4 Å². The highest BCUT2D eigenvalue weighted by Crippen LogP contribution is 2.43. The summed E-state index contributed by atoms with van der Waals surface area (Å²) in [7, 11) is 0. The molecule has 2 bridgehead atoms. The van der Waals surface area contributed by atoms with Gasteiger partial charge in [-0.1, -0.05) is 35.5 Å². The van der Waals surface area contributed by atoms with Crippen LogP contribution >= 0.6 is 0 Å². The second kappa shape index (κ2) is 11.0. The van der Waals surface area contributed by atoms with Gasteiger partial charge in [0.25, 0.3) is 11.8 Å². The molecule has 4 aliphatic heterocycles. The first-order valence-corrected chi connectivity index (χ1v) is 15.5. The topological polar surface area (TPSA) is 120 Å². The lowest BCUT2D eigenvalue weighted by atomic mass is 9.71. The number of carbonyl (C=O) groups is 1. The van der Waals surface area contributed by atoms with Gasteiger partial charge in [-0.2, -0.15) is 4.98 Å². The Morgan fingerprint density at radius 2 is 1.77 bits per heavy atom. The maximum Gasteiger partial charge on any atom is 0.261 e. The molecule has 6 heterocycles. The van der Waals surface area contributed by atoms with Crippen molar-refractivity contribution in [3.05, 3.63) is 83.3 Å². The van der Waals surface area contributed by atoms with E-state index >= 15 is 0 Å². The van der Waals surface area contributed by atoms with Crippen molar-refractivity contribution in [1.82, 2.24) is 24.9 Å². The van der Waals surface area contributed by atoms with E-state index in [0.717, 1.165) is 67.1 Å². The van der Waals surface area contributed by atoms with Gasteiger partial charge in [-0.25, -0.2) is 4.98 Å². The molecule has 0 spiro atoms. The van der Waals surface area contributed by atoms with Crippen molar-refractivity contribution in [1.29, 1.82) is 0 Å². The molecule has 4 aromatic rings. The van der Waals surface area contributed by atoms with Gasteiger partial charge >= 0.3 is 0 Å². The second-order valence-corrected chi connectivity index (χ2v) is 12.7. The van der Waals surface area contributed by atoms with E-state index in [1.165, 1.54) is 0 Å².